The van der Waals surface area contributed by atoms with Gasteiger partial charge in [0.25, 0.3) is 11.8 Å². The highest BCUT2D eigenvalue weighted by molar-refractivity contribution is 6.05. The fourth-order valence-corrected chi connectivity index (χ4v) is 4.02. The van der Waals surface area contributed by atoms with Crippen molar-refractivity contribution in [2.45, 2.75) is 25.6 Å². The van der Waals surface area contributed by atoms with Crippen LogP contribution in [0.5, 0.6) is 0 Å². The van der Waals surface area contributed by atoms with E-state index in [1.165, 1.54) is 12.3 Å². The Kier molecular flexibility index (Phi) is 6.15. The van der Waals surface area contributed by atoms with Crippen molar-refractivity contribution in [3.63, 3.8) is 0 Å². The molecule has 1 aromatic carbocycles. The Morgan fingerprint density at radius 3 is 2.71 bits per heavy atom. The van der Waals surface area contributed by atoms with Gasteiger partial charge in [0.15, 0.2) is 5.82 Å². The number of hydrogen-bond donors (Lipinski definition) is 2. The number of carbonyl (C=O) groups is 3. The van der Waals surface area contributed by atoms with Crippen molar-refractivity contribution in [2.24, 2.45) is 0 Å². The molecule has 0 radical (unpaired) electrons. The molecule has 1 fully saturated rings. The van der Waals surface area contributed by atoms with Crippen molar-refractivity contribution in [3.05, 3.63) is 53.0 Å². The molecule has 8 nitrogen and oxygen atoms in total. The molecular formula is C22H21F4N5O3. The number of hydrogen-bond acceptors (Lipinski definition) is 5. The minimum absolute atomic E-state index is 0.00369. The monoisotopic (exact) mass is 479 g/mol. The van der Waals surface area contributed by atoms with Crippen molar-refractivity contribution in [1.82, 2.24) is 15.2 Å². The first-order chi connectivity index (χ1) is 16.1. The molecule has 1 atom stereocenters. The molecule has 1 unspecified atom stereocenters. The number of alkyl halides is 3. The maximum atomic E-state index is 13.7. The smallest absolute Gasteiger partial charge is 0.352 e. The fourth-order valence-electron chi connectivity index (χ4n) is 4.02. The van der Waals surface area contributed by atoms with E-state index in [9.17, 15) is 31.9 Å². The lowest BCUT2D eigenvalue weighted by atomic mass is 10.0. The average molecular weight is 479 g/mol. The van der Waals surface area contributed by atoms with Crippen molar-refractivity contribution >= 4 is 29.2 Å². The van der Waals surface area contributed by atoms with Crippen LogP contribution in [0, 0.1) is 5.82 Å². The maximum Gasteiger partial charge on any atom is 0.417 e. The first kappa shape index (κ1) is 23.5. The number of nitrogens with one attached hydrogen (secondary N) is 2. The number of benzene rings is 1. The van der Waals surface area contributed by atoms with Gasteiger partial charge in [-0.25, -0.2) is 9.37 Å². The molecule has 4 rings (SSSR count). The number of carbonyl (C=O) groups excluding carboxylic acids is 3. The van der Waals surface area contributed by atoms with Crippen LogP contribution in [0.4, 0.5) is 29.1 Å². The lowest BCUT2D eigenvalue weighted by molar-refractivity contribution is -0.138. The maximum absolute atomic E-state index is 13.7. The van der Waals surface area contributed by atoms with Crippen LogP contribution in [-0.2, 0) is 11.0 Å². The van der Waals surface area contributed by atoms with E-state index in [0.717, 1.165) is 11.3 Å². The highest BCUT2D eigenvalue weighted by atomic mass is 19.4. The number of rotatable bonds is 4. The third-order valence-corrected chi connectivity index (χ3v) is 5.68. The molecule has 34 heavy (non-hydrogen) atoms. The van der Waals surface area contributed by atoms with Gasteiger partial charge in [-0.15, -0.1) is 0 Å². The average Bonchev–Trinajstić information content (AvgIpc) is 2.80. The van der Waals surface area contributed by atoms with Crippen molar-refractivity contribution in [1.29, 1.82) is 0 Å². The number of pyridine rings is 1. The second-order valence-electron chi connectivity index (χ2n) is 7.99. The molecule has 180 valence electrons. The van der Waals surface area contributed by atoms with E-state index in [1.54, 1.807) is 4.90 Å². The quantitative estimate of drug-likeness (QED) is 0.658. The second-order valence-corrected chi connectivity index (χ2v) is 7.99. The SMILES string of the molecule is CCCNC(=O)c1cnc2c(c1)NC(=O)C1CN(C(=O)c3cc(F)ccc3C(F)(F)F)CCN21. The van der Waals surface area contributed by atoms with Gasteiger partial charge in [-0.3, -0.25) is 14.4 Å². The predicted molar refractivity (Wildman–Crippen MR) is 114 cm³/mol. The highest BCUT2D eigenvalue weighted by Crippen LogP contribution is 2.35. The van der Waals surface area contributed by atoms with Gasteiger partial charge >= 0.3 is 6.18 Å². The summed E-state index contributed by atoms with van der Waals surface area (Å²) in [7, 11) is 0. The van der Waals surface area contributed by atoms with Crippen LogP contribution in [0.1, 0.15) is 39.6 Å². The lowest BCUT2D eigenvalue weighted by Gasteiger charge is -2.44. The first-order valence-electron chi connectivity index (χ1n) is 10.6. The molecule has 2 aliphatic rings. The zero-order valence-corrected chi connectivity index (χ0v) is 18.1. The van der Waals surface area contributed by atoms with Crippen LogP contribution in [0.2, 0.25) is 0 Å². The molecule has 2 N–H and O–H groups in total. The predicted octanol–water partition coefficient (Wildman–Crippen LogP) is 2.66. The molecule has 3 amide bonds. The minimum Gasteiger partial charge on any atom is -0.352 e. The summed E-state index contributed by atoms with van der Waals surface area (Å²) in [6.07, 6.45) is -2.71. The summed E-state index contributed by atoms with van der Waals surface area (Å²) in [5.74, 6) is -2.42. The Morgan fingerprint density at radius 2 is 2.00 bits per heavy atom. The molecule has 0 spiro atoms. The Bertz CT molecular complexity index is 1150. The van der Waals surface area contributed by atoms with Crippen molar-refractivity contribution < 1.29 is 31.9 Å². The standard InChI is InChI=1S/C22H21F4N5O3/c1-2-5-27-19(32)12-8-16-18(28-10-12)31-7-6-30(11-17(31)20(33)29-16)21(34)14-9-13(23)3-4-15(14)22(24,25)26/h3-4,8-10,17H,2,5-7,11H2,1H3,(H,27,32)(H,29,33). The van der Waals surface area contributed by atoms with E-state index in [2.05, 4.69) is 15.6 Å². The van der Waals surface area contributed by atoms with Crippen LogP contribution in [0.25, 0.3) is 0 Å². The topological polar surface area (TPSA) is 94.6 Å². The fraction of sp³-hybridized carbons (Fsp3) is 0.364. The zero-order valence-electron chi connectivity index (χ0n) is 18.1. The summed E-state index contributed by atoms with van der Waals surface area (Å²) < 4.78 is 53.7. The summed E-state index contributed by atoms with van der Waals surface area (Å²) in [4.78, 5) is 44.9. The van der Waals surface area contributed by atoms with Gasteiger partial charge in [0.05, 0.1) is 28.9 Å². The molecule has 1 saturated heterocycles. The Hall–Kier alpha value is -3.70. The summed E-state index contributed by atoms with van der Waals surface area (Å²) in [6.45, 7) is 2.30. The first-order valence-corrected chi connectivity index (χ1v) is 10.6. The number of piperazine rings is 1. The summed E-state index contributed by atoms with van der Waals surface area (Å²) in [5, 5.41) is 5.37. The summed E-state index contributed by atoms with van der Waals surface area (Å²) in [5.41, 5.74) is -1.45. The summed E-state index contributed by atoms with van der Waals surface area (Å²) >= 11 is 0. The summed E-state index contributed by atoms with van der Waals surface area (Å²) in [6, 6.07) is 2.33. The largest absolute Gasteiger partial charge is 0.417 e. The van der Waals surface area contributed by atoms with Gasteiger partial charge < -0.3 is 20.4 Å². The molecule has 12 heteroatoms. The molecule has 0 bridgehead atoms. The number of fused-ring (bicyclic) bond motifs is 3. The van der Waals surface area contributed by atoms with E-state index in [0.29, 0.717) is 36.2 Å². The highest BCUT2D eigenvalue weighted by Gasteiger charge is 2.42. The zero-order chi connectivity index (χ0) is 24.6. The van der Waals surface area contributed by atoms with E-state index in [1.807, 2.05) is 6.92 Å². The minimum atomic E-state index is -4.84. The van der Waals surface area contributed by atoms with Gasteiger partial charge in [0, 0.05) is 25.8 Å². The van der Waals surface area contributed by atoms with Gasteiger partial charge in [-0.1, -0.05) is 6.92 Å². The molecule has 2 aliphatic heterocycles. The molecule has 1 aromatic heterocycles. The van der Waals surface area contributed by atoms with Crippen LogP contribution in [-0.4, -0.2) is 59.8 Å². The second kappa shape index (κ2) is 8.92. The Labute approximate surface area is 191 Å². The third kappa shape index (κ3) is 4.39. The van der Waals surface area contributed by atoms with Gasteiger partial charge in [0.2, 0.25) is 5.91 Å². The Morgan fingerprint density at radius 1 is 1.24 bits per heavy atom. The van der Waals surface area contributed by atoms with Gasteiger partial charge in [0.1, 0.15) is 11.9 Å². The number of amides is 3. The number of halogens is 4. The van der Waals surface area contributed by atoms with E-state index >= 15 is 0 Å². The van der Waals surface area contributed by atoms with Crippen LogP contribution in [0.15, 0.2) is 30.5 Å². The van der Waals surface area contributed by atoms with E-state index in [-0.39, 0.29) is 31.1 Å². The van der Waals surface area contributed by atoms with Crippen LogP contribution in [0.3, 0.4) is 0 Å². The van der Waals surface area contributed by atoms with Crippen LogP contribution < -0.4 is 15.5 Å². The molecule has 0 saturated carbocycles. The molecule has 2 aromatic rings. The number of anilines is 2. The van der Waals surface area contributed by atoms with E-state index in [4.69, 9.17) is 0 Å². The van der Waals surface area contributed by atoms with Gasteiger partial charge in [-0.05, 0) is 30.7 Å². The molecule has 0 aliphatic carbocycles. The molecule has 3 heterocycles. The van der Waals surface area contributed by atoms with Crippen molar-refractivity contribution in [3.8, 4) is 0 Å². The molecular weight excluding hydrogens is 458 g/mol. The normalized spacial score (nSPS) is 17.6. The van der Waals surface area contributed by atoms with Crippen molar-refractivity contribution in [2.75, 3.05) is 36.4 Å². The number of aromatic nitrogens is 1. The van der Waals surface area contributed by atoms with Gasteiger partial charge in [-0.2, -0.15) is 13.2 Å². The third-order valence-electron chi connectivity index (χ3n) is 5.68. The number of nitrogens with zero attached hydrogens (tertiary/aromatic N) is 3. The van der Waals surface area contributed by atoms with Crippen LogP contribution >= 0.6 is 0 Å². The Balaban J connectivity index is 1.56. The van der Waals surface area contributed by atoms with E-state index < -0.39 is 41.0 Å². The lowest BCUT2D eigenvalue weighted by Crippen LogP contribution is -2.61.